The molecule has 0 aromatic carbocycles. The number of halogens is 1. The molecular weight excluding hydrogens is 254 g/mol. The molecule has 1 unspecified atom stereocenters. The van der Waals surface area contributed by atoms with Gasteiger partial charge in [0.15, 0.2) is 0 Å². The molecule has 1 aromatic rings. The molecule has 15 heavy (non-hydrogen) atoms. The number of hydrogen-bond donors (Lipinski definition) is 0. The summed E-state index contributed by atoms with van der Waals surface area (Å²) in [4.78, 5) is 11.0. The zero-order valence-electron chi connectivity index (χ0n) is 8.99. The fraction of sp³-hybridized carbons (Fsp3) is 0.636. The Morgan fingerprint density at radius 3 is 2.87 bits per heavy atom. The lowest BCUT2D eigenvalue weighted by Gasteiger charge is -2.15. The predicted octanol–water partition coefficient (Wildman–Crippen LogP) is 2.40. The second kappa shape index (κ2) is 4.92. The Balaban J connectivity index is 1.98. The molecule has 1 aliphatic heterocycles. The van der Waals surface area contributed by atoms with Crippen molar-refractivity contribution in [1.29, 1.82) is 0 Å². The SMILES string of the molecule is Cc1cnc(N2CCC(CCBr)C2)nc1. The van der Waals surface area contributed by atoms with E-state index < -0.39 is 0 Å². The molecule has 0 N–H and O–H groups in total. The Bertz CT molecular complexity index is 312. The summed E-state index contributed by atoms with van der Waals surface area (Å²) in [5.74, 6) is 1.69. The zero-order valence-corrected chi connectivity index (χ0v) is 10.6. The molecule has 2 heterocycles. The fourth-order valence-corrected chi connectivity index (χ4v) is 2.60. The van der Waals surface area contributed by atoms with E-state index in [4.69, 9.17) is 0 Å². The fourth-order valence-electron chi connectivity index (χ4n) is 1.95. The first-order chi connectivity index (χ1) is 7.29. The van der Waals surface area contributed by atoms with Crippen molar-refractivity contribution in [3.05, 3.63) is 18.0 Å². The topological polar surface area (TPSA) is 29.0 Å². The van der Waals surface area contributed by atoms with Crippen LogP contribution in [0, 0.1) is 12.8 Å². The third-order valence-electron chi connectivity index (χ3n) is 2.85. The van der Waals surface area contributed by atoms with Crippen molar-refractivity contribution in [2.24, 2.45) is 5.92 Å². The van der Waals surface area contributed by atoms with E-state index in [0.29, 0.717) is 0 Å². The van der Waals surface area contributed by atoms with Crippen LogP contribution in [0.1, 0.15) is 18.4 Å². The molecule has 2 rings (SSSR count). The van der Waals surface area contributed by atoms with Crippen LogP contribution in [0.3, 0.4) is 0 Å². The predicted molar refractivity (Wildman–Crippen MR) is 65.5 cm³/mol. The molecule has 1 fully saturated rings. The first-order valence-electron chi connectivity index (χ1n) is 5.39. The molecule has 1 aliphatic rings. The average Bonchev–Trinajstić information content (AvgIpc) is 2.68. The second-order valence-corrected chi connectivity index (χ2v) is 4.93. The Morgan fingerprint density at radius 2 is 2.20 bits per heavy atom. The summed E-state index contributed by atoms with van der Waals surface area (Å²) in [6.45, 7) is 4.22. The van der Waals surface area contributed by atoms with Crippen LogP contribution in [0.25, 0.3) is 0 Å². The molecule has 4 heteroatoms. The number of aromatic nitrogens is 2. The Hall–Kier alpha value is -0.640. The standard InChI is InChI=1S/C11H16BrN3/c1-9-6-13-11(14-7-9)15-5-3-10(8-15)2-4-12/h6-7,10H,2-5,8H2,1H3. The summed E-state index contributed by atoms with van der Waals surface area (Å²) in [5, 5.41) is 1.10. The van der Waals surface area contributed by atoms with Crippen LogP contribution >= 0.6 is 15.9 Å². The van der Waals surface area contributed by atoms with Crippen molar-refractivity contribution >= 4 is 21.9 Å². The highest BCUT2D eigenvalue weighted by atomic mass is 79.9. The van der Waals surface area contributed by atoms with Crippen LogP contribution in [0.2, 0.25) is 0 Å². The van der Waals surface area contributed by atoms with Crippen LogP contribution < -0.4 is 4.90 Å². The van der Waals surface area contributed by atoms with Crippen molar-refractivity contribution in [1.82, 2.24) is 9.97 Å². The lowest BCUT2D eigenvalue weighted by Crippen LogP contribution is -2.22. The summed E-state index contributed by atoms with van der Waals surface area (Å²) >= 11 is 3.50. The maximum atomic E-state index is 4.36. The summed E-state index contributed by atoms with van der Waals surface area (Å²) in [7, 11) is 0. The number of hydrogen-bond acceptors (Lipinski definition) is 3. The van der Waals surface area contributed by atoms with Crippen molar-refractivity contribution in [3.63, 3.8) is 0 Å². The minimum atomic E-state index is 0.800. The average molecular weight is 270 g/mol. The molecule has 1 atom stereocenters. The van der Waals surface area contributed by atoms with Gasteiger partial charge in [-0.3, -0.25) is 0 Å². The Labute approximate surface area is 99.0 Å². The molecule has 1 saturated heterocycles. The Kier molecular flexibility index (Phi) is 3.57. The molecule has 0 saturated carbocycles. The van der Waals surface area contributed by atoms with E-state index >= 15 is 0 Å². The van der Waals surface area contributed by atoms with Gasteiger partial charge in [-0.2, -0.15) is 0 Å². The molecule has 0 aliphatic carbocycles. The van der Waals surface area contributed by atoms with E-state index in [9.17, 15) is 0 Å². The highest BCUT2D eigenvalue weighted by Gasteiger charge is 2.23. The summed E-state index contributed by atoms with van der Waals surface area (Å²) < 4.78 is 0. The van der Waals surface area contributed by atoms with Crippen molar-refractivity contribution in [2.45, 2.75) is 19.8 Å². The number of nitrogens with zero attached hydrogens (tertiary/aromatic N) is 3. The van der Waals surface area contributed by atoms with E-state index in [1.807, 2.05) is 19.3 Å². The van der Waals surface area contributed by atoms with E-state index in [1.165, 1.54) is 12.8 Å². The number of anilines is 1. The lowest BCUT2D eigenvalue weighted by atomic mass is 10.1. The summed E-state index contributed by atoms with van der Waals surface area (Å²) in [5.41, 5.74) is 1.12. The van der Waals surface area contributed by atoms with E-state index in [1.54, 1.807) is 0 Å². The van der Waals surface area contributed by atoms with Gasteiger partial charge in [-0.05, 0) is 31.2 Å². The third-order valence-corrected chi connectivity index (χ3v) is 3.31. The zero-order chi connectivity index (χ0) is 10.7. The van der Waals surface area contributed by atoms with Crippen LogP contribution in [-0.4, -0.2) is 28.4 Å². The third kappa shape index (κ3) is 2.68. The summed E-state index contributed by atoms with van der Waals surface area (Å²) in [6, 6.07) is 0. The molecule has 3 nitrogen and oxygen atoms in total. The van der Waals surface area contributed by atoms with Crippen molar-refractivity contribution in [3.8, 4) is 0 Å². The van der Waals surface area contributed by atoms with E-state index in [-0.39, 0.29) is 0 Å². The van der Waals surface area contributed by atoms with Crippen LogP contribution in [0.15, 0.2) is 12.4 Å². The maximum absolute atomic E-state index is 4.36. The van der Waals surface area contributed by atoms with Crippen LogP contribution in [-0.2, 0) is 0 Å². The molecule has 0 spiro atoms. The van der Waals surface area contributed by atoms with Crippen LogP contribution in [0.5, 0.6) is 0 Å². The monoisotopic (exact) mass is 269 g/mol. The van der Waals surface area contributed by atoms with Crippen LogP contribution in [0.4, 0.5) is 5.95 Å². The van der Waals surface area contributed by atoms with Gasteiger partial charge < -0.3 is 4.90 Å². The highest BCUT2D eigenvalue weighted by Crippen LogP contribution is 2.23. The summed E-state index contributed by atoms with van der Waals surface area (Å²) in [6.07, 6.45) is 6.30. The number of alkyl halides is 1. The minimum absolute atomic E-state index is 0.800. The van der Waals surface area contributed by atoms with Gasteiger partial charge in [0.1, 0.15) is 0 Å². The highest BCUT2D eigenvalue weighted by molar-refractivity contribution is 9.09. The molecule has 0 bridgehead atoms. The maximum Gasteiger partial charge on any atom is 0.225 e. The minimum Gasteiger partial charge on any atom is -0.341 e. The van der Waals surface area contributed by atoms with Gasteiger partial charge in [-0.15, -0.1) is 0 Å². The Morgan fingerprint density at radius 1 is 1.47 bits per heavy atom. The van der Waals surface area contributed by atoms with E-state index in [0.717, 1.165) is 35.8 Å². The van der Waals surface area contributed by atoms with Crippen molar-refractivity contribution in [2.75, 3.05) is 23.3 Å². The van der Waals surface area contributed by atoms with Crippen molar-refractivity contribution < 1.29 is 0 Å². The van der Waals surface area contributed by atoms with Gasteiger partial charge in [-0.1, -0.05) is 15.9 Å². The van der Waals surface area contributed by atoms with Gasteiger partial charge >= 0.3 is 0 Å². The normalized spacial score (nSPS) is 20.9. The second-order valence-electron chi connectivity index (χ2n) is 4.14. The van der Waals surface area contributed by atoms with Gasteiger partial charge in [0.2, 0.25) is 5.95 Å². The molecule has 0 radical (unpaired) electrons. The molecule has 0 amide bonds. The smallest absolute Gasteiger partial charge is 0.225 e. The lowest BCUT2D eigenvalue weighted by molar-refractivity contribution is 0.575. The van der Waals surface area contributed by atoms with E-state index in [2.05, 4.69) is 30.8 Å². The number of aryl methyl sites for hydroxylation is 1. The largest absolute Gasteiger partial charge is 0.341 e. The molecule has 1 aromatic heterocycles. The first kappa shape index (κ1) is 10.9. The number of rotatable bonds is 3. The van der Waals surface area contributed by atoms with Gasteiger partial charge in [0, 0.05) is 30.8 Å². The first-order valence-corrected chi connectivity index (χ1v) is 6.51. The van der Waals surface area contributed by atoms with Gasteiger partial charge in [-0.25, -0.2) is 9.97 Å². The molecular formula is C11H16BrN3. The quantitative estimate of drug-likeness (QED) is 0.790. The van der Waals surface area contributed by atoms with Gasteiger partial charge in [0.25, 0.3) is 0 Å². The van der Waals surface area contributed by atoms with Gasteiger partial charge in [0.05, 0.1) is 0 Å². The molecule has 82 valence electrons.